The van der Waals surface area contributed by atoms with Gasteiger partial charge in [-0.1, -0.05) is 25.4 Å². The van der Waals surface area contributed by atoms with Crippen molar-refractivity contribution in [2.75, 3.05) is 32.8 Å². The van der Waals surface area contributed by atoms with E-state index in [4.69, 9.17) is 16.3 Å². The Morgan fingerprint density at radius 1 is 1.18 bits per heavy atom. The smallest absolute Gasteiger partial charge is 0.416 e. The number of nitrogens with one attached hydrogen (secondary N) is 2. The number of halogens is 4. The number of fused-ring (bicyclic) bond motifs is 1. The van der Waals surface area contributed by atoms with Crippen LogP contribution in [0.4, 0.5) is 13.2 Å². The molecule has 0 aliphatic carbocycles. The second-order valence-electron chi connectivity index (χ2n) is 7.72. The van der Waals surface area contributed by atoms with Crippen LogP contribution in [0.5, 0.6) is 5.75 Å². The highest BCUT2D eigenvalue weighted by Gasteiger charge is 2.32. The van der Waals surface area contributed by atoms with Gasteiger partial charge in [0.25, 0.3) is 5.91 Å². The molecule has 0 fully saturated rings. The fraction of sp³-hybridized carbons (Fsp3) is 0.417. The van der Waals surface area contributed by atoms with Gasteiger partial charge in [0.05, 0.1) is 28.3 Å². The summed E-state index contributed by atoms with van der Waals surface area (Å²) in [6.07, 6.45) is -3.69. The van der Waals surface area contributed by atoms with Crippen molar-refractivity contribution in [3.63, 3.8) is 0 Å². The minimum atomic E-state index is -4.53. The molecule has 0 spiro atoms. The number of alkyl halides is 3. The zero-order chi connectivity index (χ0) is 24.9. The van der Waals surface area contributed by atoms with Gasteiger partial charge in [0.2, 0.25) is 0 Å². The lowest BCUT2D eigenvalue weighted by molar-refractivity contribution is -0.137. The Balaban J connectivity index is 1.83. The average molecular weight is 497 g/mol. The predicted octanol–water partition coefficient (Wildman–Crippen LogP) is 5.76. The van der Waals surface area contributed by atoms with Crippen LogP contribution in [-0.4, -0.2) is 53.6 Å². The van der Waals surface area contributed by atoms with Gasteiger partial charge in [0.1, 0.15) is 17.1 Å². The normalized spacial score (nSPS) is 11.9. The Kier molecular flexibility index (Phi) is 8.43. The van der Waals surface area contributed by atoms with E-state index in [0.717, 1.165) is 38.2 Å². The van der Waals surface area contributed by atoms with Crippen LogP contribution >= 0.6 is 11.6 Å². The third-order valence-electron chi connectivity index (χ3n) is 5.50. The van der Waals surface area contributed by atoms with E-state index >= 15 is 0 Å². The molecule has 184 valence electrons. The third kappa shape index (κ3) is 6.01. The maximum absolute atomic E-state index is 13.1. The molecule has 0 radical (unpaired) electrons. The van der Waals surface area contributed by atoms with Crippen molar-refractivity contribution in [2.24, 2.45) is 0 Å². The number of aromatic nitrogens is 2. The summed E-state index contributed by atoms with van der Waals surface area (Å²) >= 11 is 6.07. The Morgan fingerprint density at radius 2 is 1.91 bits per heavy atom. The van der Waals surface area contributed by atoms with Gasteiger partial charge >= 0.3 is 6.18 Å². The molecule has 2 aromatic carbocycles. The molecule has 0 aliphatic heterocycles. The molecule has 0 unspecified atom stereocenters. The summed E-state index contributed by atoms with van der Waals surface area (Å²) in [5.74, 6) is 0.463. The zero-order valence-electron chi connectivity index (χ0n) is 19.4. The summed E-state index contributed by atoms with van der Waals surface area (Å²) < 4.78 is 45.1. The number of imidazole rings is 1. The van der Waals surface area contributed by atoms with Gasteiger partial charge in [0.15, 0.2) is 0 Å². The number of rotatable bonds is 10. The van der Waals surface area contributed by atoms with E-state index in [1.165, 1.54) is 0 Å². The number of carbonyl (C=O) groups is 1. The van der Waals surface area contributed by atoms with E-state index in [1.807, 2.05) is 0 Å². The van der Waals surface area contributed by atoms with Crippen LogP contribution < -0.4 is 10.1 Å². The standard InChI is InChI=1S/C24H28ClF3N4O2/c1-4-32(5-2)11-7-10-29-23(33)15-8-9-17(20(12-15)34-6-3)22-30-19-14-16(24(26,27)28)13-18(25)21(19)31-22/h8-9,12-14H,4-7,10-11H2,1-3H3,(H,29,33)(H,30,31). The minimum Gasteiger partial charge on any atom is -0.493 e. The number of H-pyrrole nitrogens is 1. The van der Waals surface area contributed by atoms with Crippen LogP contribution in [0.25, 0.3) is 22.4 Å². The maximum atomic E-state index is 13.1. The van der Waals surface area contributed by atoms with Crippen LogP contribution in [0.15, 0.2) is 30.3 Å². The predicted molar refractivity (Wildman–Crippen MR) is 127 cm³/mol. The highest BCUT2D eigenvalue weighted by Crippen LogP contribution is 2.37. The molecule has 1 heterocycles. The molecule has 3 aromatic rings. The van der Waals surface area contributed by atoms with Crippen LogP contribution in [0.3, 0.4) is 0 Å². The lowest BCUT2D eigenvalue weighted by Gasteiger charge is -2.17. The Hall–Kier alpha value is -2.78. The number of benzene rings is 2. The van der Waals surface area contributed by atoms with Gasteiger partial charge in [-0.15, -0.1) is 0 Å². The molecule has 0 atom stereocenters. The van der Waals surface area contributed by atoms with Crippen molar-refractivity contribution >= 4 is 28.5 Å². The van der Waals surface area contributed by atoms with Crippen molar-refractivity contribution in [1.82, 2.24) is 20.2 Å². The average Bonchev–Trinajstić information content (AvgIpc) is 3.23. The van der Waals surface area contributed by atoms with E-state index in [-0.39, 0.29) is 22.0 Å². The van der Waals surface area contributed by atoms with Gasteiger partial charge < -0.3 is 19.9 Å². The number of carbonyl (C=O) groups excluding carboxylic acids is 1. The molecule has 3 rings (SSSR count). The van der Waals surface area contributed by atoms with Gasteiger partial charge in [-0.2, -0.15) is 13.2 Å². The third-order valence-corrected chi connectivity index (χ3v) is 5.79. The first kappa shape index (κ1) is 25.8. The quantitative estimate of drug-likeness (QED) is 0.350. The molecular formula is C24H28ClF3N4O2. The molecule has 0 saturated heterocycles. The fourth-order valence-corrected chi connectivity index (χ4v) is 3.91. The maximum Gasteiger partial charge on any atom is 0.416 e. The van der Waals surface area contributed by atoms with Gasteiger partial charge in [0, 0.05) is 12.1 Å². The number of nitrogens with zero attached hydrogens (tertiary/aromatic N) is 2. The summed E-state index contributed by atoms with van der Waals surface area (Å²) in [5, 5.41) is 2.81. The lowest BCUT2D eigenvalue weighted by Crippen LogP contribution is -2.29. The van der Waals surface area contributed by atoms with Crippen LogP contribution in [0, 0.1) is 0 Å². The molecule has 34 heavy (non-hydrogen) atoms. The van der Waals surface area contributed by atoms with Crippen LogP contribution in [0.1, 0.15) is 43.1 Å². The molecule has 10 heteroatoms. The van der Waals surface area contributed by atoms with Gasteiger partial charge in [-0.25, -0.2) is 4.98 Å². The Labute approximate surface area is 201 Å². The van der Waals surface area contributed by atoms with Crippen molar-refractivity contribution in [2.45, 2.75) is 33.4 Å². The first-order valence-corrected chi connectivity index (χ1v) is 11.6. The molecule has 0 saturated carbocycles. The zero-order valence-corrected chi connectivity index (χ0v) is 20.1. The van der Waals surface area contributed by atoms with Gasteiger partial charge in [-0.05, 0) is 63.3 Å². The van der Waals surface area contributed by atoms with E-state index in [0.29, 0.717) is 35.9 Å². The van der Waals surface area contributed by atoms with E-state index in [2.05, 4.69) is 34.0 Å². The van der Waals surface area contributed by atoms with Gasteiger partial charge in [-0.3, -0.25) is 4.79 Å². The van der Waals surface area contributed by atoms with Crippen molar-refractivity contribution in [3.05, 3.63) is 46.5 Å². The molecule has 1 amide bonds. The second-order valence-corrected chi connectivity index (χ2v) is 8.12. The van der Waals surface area contributed by atoms with E-state index in [9.17, 15) is 18.0 Å². The van der Waals surface area contributed by atoms with Crippen molar-refractivity contribution in [1.29, 1.82) is 0 Å². The number of hydrogen-bond acceptors (Lipinski definition) is 4. The number of amides is 1. The summed E-state index contributed by atoms with van der Waals surface area (Å²) in [6, 6.07) is 6.72. The summed E-state index contributed by atoms with van der Waals surface area (Å²) in [5.41, 5.74) is 0.456. The number of aromatic amines is 1. The summed E-state index contributed by atoms with van der Waals surface area (Å²) in [4.78, 5) is 22.2. The highest BCUT2D eigenvalue weighted by molar-refractivity contribution is 6.35. The SMILES string of the molecule is CCOc1cc(C(=O)NCCCN(CC)CC)ccc1-c1nc2c(Cl)cc(C(F)(F)F)cc2[nH]1. The minimum absolute atomic E-state index is 0.106. The molecule has 0 bridgehead atoms. The van der Waals surface area contributed by atoms with Crippen molar-refractivity contribution < 1.29 is 22.7 Å². The highest BCUT2D eigenvalue weighted by atomic mass is 35.5. The number of ether oxygens (including phenoxy) is 1. The molecule has 0 aliphatic rings. The number of hydrogen-bond donors (Lipinski definition) is 2. The summed E-state index contributed by atoms with van der Waals surface area (Å²) in [7, 11) is 0. The molecular weight excluding hydrogens is 469 g/mol. The molecule has 2 N–H and O–H groups in total. The largest absolute Gasteiger partial charge is 0.493 e. The van der Waals surface area contributed by atoms with E-state index < -0.39 is 11.7 Å². The van der Waals surface area contributed by atoms with Crippen LogP contribution in [0.2, 0.25) is 5.02 Å². The summed E-state index contributed by atoms with van der Waals surface area (Å²) in [6.45, 7) is 9.72. The van der Waals surface area contributed by atoms with Crippen LogP contribution in [-0.2, 0) is 6.18 Å². The Bertz CT molecular complexity index is 1140. The topological polar surface area (TPSA) is 70.2 Å². The lowest BCUT2D eigenvalue weighted by atomic mass is 10.1. The monoisotopic (exact) mass is 496 g/mol. The second kappa shape index (κ2) is 11.1. The van der Waals surface area contributed by atoms with Crippen molar-refractivity contribution in [3.8, 4) is 17.1 Å². The molecule has 6 nitrogen and oxygen atoms in total. The fourth-order valence-electron chi connectivity index (χ4n) is 3.65. The first-order valence-electron chi connectivity index (χ1n) is 11.2. The molecule has 1 aromatic heterocycles. The first-order chi connectivity index (χ1) is 16.2. The van der Waals surface area contributed by atoms with E-state index in [1.54, 1.807) is 25.1 Å². The Morgan fingerprint density at radius 3 is 2.56 bits per heavy atom.